The predicted octanol–water partition coefficient (Wildman–Crippen LogP) is 3.01. The fourth-order valence-electron chi connectivity index (χ4n) is 1.59. The second kappa shape index (κ2) is 5.19. The van der Waals surface area contributed by atoms with Crippen molar-refractivity contribution < 1.29 is 4.74 Å². The molecule has 0 saturated carbocycles. The molecule has 0 spiro atoms. The number of benzene rings is 1. The normalized spacial score (nSPS) is 9.61. The molecule has 1 aromatic carbocycles. The van der Waals surface area contributed by atoms with Crippen LogP contribution in [-0.4, -0.2) is 12.1 Å². The topological polar surface area (TPSA) is 57.9 Å². The van der Waals surface area contributed by atoms with E-state index in [9.17, 15) is 0 Å². The molecule has 2 aromatic rings. The molecule has 1 aromatic heterocycles. The van der Waals surface area contributed by atoms with Crippen LogP contribution in [0.25, 0.3) is 0 Å². The average Bonchev–Trinajstić information content (AvgIpc) is 2.42. The van der Waals surface area contributed by atoms with Gasteiger partial charge in [-0.15, -0.1) is 0 Å². The molecule has 1 N–H and O–H groups in total. The van der Waals surface area contributed by atoms with Crippen LogP contribution in [0.2, 0.25) is 0 Å². The summed E-state index contributed by atoms with van der Waals surface area (Å²) in [6.07, 6.45) is 1.65. The monoisotopic (exact) mass is 239 g/mol. The maximum Gasteiger partial charge on any atom is 0.148 e. The largest absolute Gasteiger partial charge is 0.497 e. The molecule has 1 heterocycles. The first-order chi connectivity index (χ1) is 8.74. The second-order valence-electron chi connectivity index (χ2n) is 3.82. The Hall–Kier alpha value is -2.54. The molecule has 0 aliphatic heterocycles. The molecule has 90 valence electrons. The molecular formula is C14H13N3O. The van der Waals surface area contributed by atoms with E-state index >= 15 is 0 Å². The summed E-state index contributed by atoms with van der Waals surface area (Å²) in [4.78, 5) is 4.17. The van der Waals surface area contributed by atoms with Crippen LogP contribution in [0.1, 0.15) is 11.1 Å². The Kier molecular flexibility index (Phi) is 3.44. The summed E-state index contributed by atoms with van der Waals surface area (Å²) in [5.74, 6) is 1.31. The van der Waals surface area contributed by atoms with Crippen LogP contribution in [0.4, 0.5) is 11.5 Å². The number of methoxy groups -OCH3 is 1. The molecular weight excluding hydrogens is 226 g/mol. The quantitative estimate of drug-likeness (QED) is 0.894. The molecule has 4 heteroatoms. The number of nitrogens with zero attached hydrogens (tertiary/aromatic N) is 2. The molecule has 0 aliphatic carbocycles. The number of pyridine rings is 1. The van der Waals surface area contributed by atoms with Crippen molar-refractivity contribution in [3.63, 3.8) is 0 Å². The number of nitrogens with one attached hydrogen (secondary N) is 1. The molecule has 0 unspecified atom stereocenters. The molecule has 4 nitrogen and oxygen atoms in total. The third-order valence-electron chi connectivity index (χ3n) is 2.63. The molecule has 2 rings (SSSR count). The molecule has 0 atom stereocenters. The zero-order chi connectivity index (χ0) is 13.0. The summed E-state index contributed by atoms with van der Waals surface area (Å²) >= 11 is 0. The minimum Gasteiger partial charge on any atom is -0.497 e. The minimum absolute atomic E-state index is 0.514. The van der Waals surface area contributed by atoms with Gasteiger partial charge >= 0.3 is 0 Å². The Bertz CT molecular complexity index is 602. The van der Waals surface area contributed by atoms with Crippen molar-refractivity contribution in [1.82, 2.24) is 4.98 Å². The van der Waals surface area contributed by atoms with E-state index in [-0.39, 0.29) is 0 Å². The first-order valence-corrected chi connectivity index (χ1v) is 5.51. The van der Waals surface area contributed by atoms with Gasteiger partial charge in [0.15, 0.2) is 0 Å². The van der Waals surface area contributed by atoms with Crippen LogP contribution in [0, 0.1) is 18.3 Å². The summed E-state index contributed by atoms with van der Waals surface area (Å²) in [7, 11) is 1.62. The molecule has 18 heavy (non-hydrogen) atoms. The lowest BCUT2D eigenvalue weighted by molar-refractivity contribution is 0.415. The van der Waals surface area contributed by atoms with E-state index in [0.29, 0.717) is 11.4 Å². The molecule has 0 amide bonds. The van der Waals surface area contributed by atoms with Gasteiger partial charge in [-0.1, -0.05) is 6.07 Å². The maximum absolute atomic E-state index is 9.01. The Morgan fingerprint density at radius 3 is 2.89 bits per heavy atom. The summed E-state index contributed by atoms with van der Waals surface area (Å²) in [5.41, 5.74) is 2.45. The smallest absolute Gasteiger partial charge is 0.148 e. The van der Waals surface area contributed by atoms with Crippen LogP contribution < -0.4 is 10.1 Å². The third kappa shape index (κ3) is 2.41. The number of hydrogen-bond donors (Lipinski definition) is 1. The van der Waals surface area contributed by atoms with Crippen molar-refractivity contribution in [3.05, 3.63) is 47.7 Å². The number of aryl methyl sites for hydroxylation is 1. The number of nitriles is 1. The first-order valence-electron chi connectivity index (χ1n) is 5.51. The maximum atomic E-state index is 9.01. The van der Waals surface area contributed by atoms with E-state index in [1.165, 1.54) is 0 Å². The molecule has 0 saturated heterocycles. The Balaban J connectivity index is 2.37. The molecule has 0 aliphatic rings. The zero-order valence-corrected chi connectivity index (χ0v) is 10.3. The van der Waals surface area contributed by atoms with Gasteiger partial charge in [-0.05, 0) is 30.7 Å². The molecule has 0 bridgehead atoms. The Morgan fingerprint density at radius 1 is 1.33 bits per heavy atom. The number of rotatable bonds is 3. The van der Waals surface area contributed by atoms with E-state index in [4.69, 9.17) is 10.00 Å². The highest BCUT2D eigenvalue weighted by Crippen LogP contribution is 2.25. The van der Waals surface area contributed by atoms with Gasteiger partial charge in [-0.25, -0.2) is 4.98 Å². The standard InChI is InChI=1S/C14H13N3O/c1-10-5-6-12(18-2)8-13(10)17-14-11(9-15)4-3-7-16-14/h3-8H,1-2H3,(H,16,17). The average molecular weight is 239 g/mol. The van der Waals surface area contributed by atoms with Gasteiger partial charge in [0.2, 0.25) is 0 Å². The SMILES string of the molecule is COc1ccc(C)c(Nc2ncccc2C#N)c1. The van der Waals surface area contributed by atoms with Gasteiger partial charge in [0.25, 0.3) is 0 Å². The highest BCUT2D eigenvalue weighted by Gasteiger charge is 2.05. The van der Waals surface area contributed by atoms with E-state index in [2.05, 4.69) is 16.4 Å². The first kappa shape index (κ1) is 11.9. The second-order valence-corrected chi connectivity index (χ2v) is 3.82. The third-order valence-corrected chi connectivity index (χ3v) is 2.63. The van der Waals surface area contributed by atoms with Crippen molar-refractivity contribution in [3.8, 4) is 11.8 Å². The van der Waals surface area contributed by atoms with Gasteiger partial charge < -0.3 is 10.1 Å². The highest BCUT2D eigenvalue weighted by molar-refractivity contribution is 5.66. The molecule has 0 fully saturated rings. The number of anilines is 2. The fraction of sp³-hybridized carbons (Fsp3) is 0.143. The van der Waals surface area contributed by atoms with Crippen LogP contribution in [-0.2, 0) is 0 Å². The van der Waals surface area contributed by atoms with Crippen molar-refractivity contribution in [2.75, 3.05) is 12.4 Å². The summed E-state index contributed by atoms with van der Waals surface area (Å²) in [6, 6.07) is 11.3. The number of ether oxygens (including phenoxy) is 1. The van der Waals surface area contributed by atoms with Crippen molar-refractivity contribution >= 4 is 11.5 Å². The number of aromatic nitrogens is 1. The van der Waals surface area contributed by atoms with E-state index in [0.717, 1.165) is 17.0 Å². The lowest BCUT2D eigenvalue weighted by Crippen LogP contribution is -1.98. The van der Waals surface area contributed by atoms with Crippen molar-refractivity contribution in [1.29, 1.82) is 5.26 Å². The van der Waals surface area contributed by atoms with Crippen LogP contribution in [0.5, 0.6) is 5.75 Å². The van der Waals surface area contributed by atoms with E-state index in [1.807, 2.05) is 25.1 Å². The minimum atomic E-state index is 0.514. The van der Waals surface area contributed by atoms with Gasteiger partial charge in [-0.2, -0.15) is 5.26 Å². The predicted molar refractivity (Wildman–Crippen MR) is 70.0 cm³/mol. The number of hydrogen-bond acceptors (Lipinski definition) is 4. The van der Waals surface area contributed by atoms with E-state index < -0.39 is 0 Å². The Morgan fingerprint density at radius 2 is 2.17 bits per heavy atom. The van der Waals surface area contributed by atoms with Gasteiger partial charge in [0.1, 0.15) is 17.6 Å². The van der Waals surface area contributed by atoms with Crippen molar-refractivity contribution in [2.24, 2.45) is 0 Å². The van der Waals surface area contributed by atoms with Gasteiger partial charge in [0, 0.05) is 18.0 Å². The summed E-state index contributed by atoms with van der Waals surface area (Å²) in [6.45, 7) is 1.98. The van der Waals surface area contributed by atoms with Gasteiger partial charge in [-0.3, -0.25) is 0 Å². The molecule has 0 radical (unpaired) electrons. The summed E-state index contributed by atoms with van der Waals surface area (Å²) < 4.78 is 5.18. The Labute approximate surface area is 106 Å². The van der Waals surface area contributed by atoms with Gasteiger partial charge in [0.05, 0.1) is 12.7 Å². The van der Waals surface area contributed by atoms with Crippen LogP contribution in [0.15, 0.2) is 36.5 Å². The lowest BCUT2D eigenvalue weighted by atomic mass is 10.2. The van der Waals surface area contributed by atoms with Crippen LogP contribution in [0.3, 0.4) is 0 Å². The van der Waals surface area contributed by atoms with Crippen molar-refractivity contribution in [2.45, 2.75) is 6.92 Å². The lowest BCUT2D eigenvalue weighted by Gasteiger charge is -2.11. The summed E-state index contributed by atoms with van der Waals surface area (Å²) in [5, 5.41) is 12.2. The highest BCUT2D eigenvalue weighted by atomic mass is 16.5. The fourth-order valence-corrected chi connectivity index (χ4v) is 1.59. The van der Waals surface area contributed by atoms with Crippen LogP contribution >= 0.6 is 0 Å². The zero-order valence-electron chi connectivity index (χ0n) is 10.3. The van der Waals surface area contributed by atoms with E-state index in [1.54, 1.807) is 25.4 Å².